The number of nitrogens with zero attached hydrogens (tertiary/aromatic N) is 1. The van der Waals surface area contributed by atoms with E-state index in [1.54, 1.807) is 0 Å². The first-order valence-electron chi connectivity index (χ1n) is 5.77. The van der Waals surface area contributed by atoms with Crippen LogP contribution in [0, 0.1) is 0 Å². The monoisotopic (exact) mass is 265 g/mol. The molecule has 1 aliphatic rings. The third-order valence-electron chi connectivity index (χ3n) is 2.70. The molecule has 0 atom stereocenters. The number of rotatable bonds is 6. The van der Waals surface area contributed by atoms with Gasteiger partial charge in [0.05, 0.1) is 11.9 Å². The molecule has 1 heterocycles. The summed E-state index contributed by atoms with van der Waals surface area (Å²) in [5.41, 5.74) is 0. The molecule has 0 spiro atoms. The zero-order valence-corrected chi connectivity index (χ0v) is 10.8. The lowest BCUT2D eigenvalue weighted by Gasteiger charge is -2.30. The predicted molar refractivity (Wildman–Crippen MR) is 62.3 cm³/mol. The average molecular weight is 265 g/mol. The lowest BCUT2D eigenvalue weighted by molar-refractivity contribution is -0.145. The maximum absolute atomic E-state index is 11.7. The molecular weight excluding hydrogens is 246 g/mol. The summed E-state index contributed by atoms with van der Waals surface area (Å²) < 4.78 is 30.1. The molecule has 0 saturated carbocycles. The Bertz CT molecular complexity index is 346. The Balaban J connectivity index is 2.38. The number of sulfonamides is 1. The van der Waals surface area contributed by atoms with Gasteiger partial charge in [-0.1, -0.05) is 6.92 Å². The van der Waals surface area contributed by atoms with Crippen LogP contribution < -0.4 is 0 Å². The molecule has 0 aromatic rings. The van der Waals surface area contributed by atoms with Gasteiger partial charge in [0.25, 0.3) is 0 Å². The number of hydrogen-bond acceptors (Lipinski definition) is 4. The fourth-order valence-corrected chi connectivity index (χ4v) is 3.39. The molecule has 1 saturated heterocycles. The van der Waals surface area contributed by atoms with E-state index in [1.165, 1.54) is 4.31 Å². The fourth-order valence-electron chi connectivity index (χ4n) is 1.85. The summed E-state index contributed by atoms with van der Waals surface area (Å²) in [6.45, 7) is 2.37. The van der Waals surface area contributed by atoms with Gasteiger partial charge in [-0.3, -0.25) is 0 Å². The summed E-state index contributed by atoms with van der Waals surface area (Å²) in [7, 11) is -3.13. The van der Waals surface area contributed by atoms with Crippen LogP contribution in [0.3, 0.4) is 0 Å². The highest BCUT2D eigenvalue weighted by Crippen LogP contribution is 2.17. The second-order valence-electron chi connectivity index (χ2n) is 4.12. The van der Waals surface area contributed by atoms with Crippen LogP contribution in [0.4, 0.5) is 0 Å². The highest BCUT2D eigenvalue weighted by atomic mass is 32.2. The van der Waals surface area contributed by atoms with Crippen molar-refractivity contribution < 1.29 is 23.1 Å². The van der Waals surface area contributed by atoms with E-state index in [0.29, 0.717) is 32.4 Å². The van der Waals surface area contributed by atoms with Gasteiger partial charge in [-0.25, -0.2) is 17.5 Å². The molecule has 1 N–H and O–H groups in total. The fraction of sp³-hybridized carbons (Fsp3) is 0.900. The van der Waals surface area contributed by atoms with Crippen LogP contribution in [0.15, 0.2) is 0 Å². The normalized spacial score (nSPS) is 19.4. The summed E-state index contributed by atoms with van der Waals surface area (Å²) in [5.74, 6) is -0.820. The lowest BCUT2D eigenvalue weighted by atomic mass is 10.1. The van der Waals surface area contributed by atoms with Crippen LogP contribution >= 0.6 is 0 Å². The van der Waals surface area contributed by atoms with Gasteiger partial charge < -0.3 is 9.84 Å². The quantitative estimate of drug-likeness (QED) is 0.746. The van der Waals surface area contributed by atoms with E-state index in [1.807, 2.05) is 6.92 Å². The molecule has 0 amide bonds. The van der Waals surface area contributed by atoms with E-state index in [-0.39, 0.29) is 18.5 Å². The number of carboxylic acids is 1. The predicted octanol–water partition coefficient (Wildman–Crippen LogP) is 0.292. The summed E-state index contributed by atoms with van der Waals surface area (Å²) >= 11 is 0. The molecule has 1 fully saturated rings. The maximum atomic E-state index is 11.7. The molecule has 0 aromatic heterocycles. The van der Waals surface area contributed by atoms with Crippen LogP contribution in [-0.2, 0) is 19.6 Å². The smallest absolute Gasteiger partial charge is 0.329 e. The molecule has 6 nitrogen and oxygen atoms in total. The summed E-state index contributed by atoms with van der Waals surface area (Å²) in [4.78, 5) is 10.3. The van der Waals surface area contributed by atoms with Crippen molar-refractivity contribution in [3.05, 3.63) is 0 Å². The molecule has 0 bridgehead atoms. The Morgan fingerprint density at radius 1 is 1.41 bits per heavy atom. The zero-order valence-electron chi connectivity index (χ0n) is 9.96. The van der Waals surface area contributed by atoms with Gasteiger partial charge in [-0.15, -0.1) is 0 Å². The highest BCUT2D eigenvalue weighted by Gasteiger charge is 2.27. The third-order valence-corrected chi connectivity index (χ3v) is 4.78. The molecule has 100 valence electrons. The van der Waals surface area contributed by atoms with Crippen molar-refractivity contribution in [3.8, 4) is 0 Å². The van der Waals surface area contributed by atoms with Crippen molar-refractivity contribution in [1.82, 2.24) is 4.31 Å². The Labute approximate surface area is 102 Å². The number of aliphatic carboxylic acids is 1. The summed E-state index contributed by atoms with van der Waals surface area (Å²) in [6, 6.07) is 0. The number of carbonyl (C=O) groups is 1. The molecule has 0 aromatic carbocycles. The van der Waals surface area contributed by atoms with E-state index in [4.69, 9.17) is 9.84 Å². The molecule has 17 heavy (non-hydrogen) atoms. The van der Waals surface area contributed by atoms with Crippen molar-refractivity contribution in [3.63, 3.8) is 0 Å². The topological polar surface area (TPSA) is 83.9 Å². The van der Waals surface area contributed by atoms with Crippen molar-refractivity contribution in [1.29, 1.82) is 0 Å². The van der Waals surface area contributed by atoms with Gasteiger partial charge in [0.1, 0.15) is 6.61 Å². The second-order valence-corrected chi connectivity index (χ2v) is 6.21. The van der Waals surface area contributed by atoms with Gasteiger partial charge in [0, 0.05) is 13.1 Å². The molecule has 1 rings (SSSR count). The van der Waals surface area contributed by atoms with Crippen LogP contribution in [-0.4, -0.2) is 55.4 Å². The molecule has 0 aliphatic carbocycles. The van der Waals surface area contributed by atoms with Crippen LogP contribution in [0.2, 0.25) is 0 Å². The van der Waals surface area contributed by atoms with Crippen LogP contribution in [0.1, 0.15) is 26.2 Å². The molecule has 1 aliphatic heterocycles. The zero-order chi connectivity index (χ0) is 12.9. The minimum atomic E-state index is -3.13. The average Bonchev–Trinajstić information content (AvgIpc) is 2.27. The minimum Gasteiger partial charge on any atom is -0.480 e. The first-order chi connectivity index (χ1) is 7.95. The van der Waals surface area contributed by atoms with E-state index in [2.05, 4.69) is 0 Å². The van der Waals surface area contributed by atoms with Gasteiger partial charge in [-0.2, -0.15) is 0 Å². The SMILES string of the molecule is CCCS(=O)(=O)N1CCC(OCC(=O)O)CC1. The highest BCUT2D eigenvalue weighted by molar-refractivity contribution is 7.89. The first kappa shape index (κ1) is 14.4. The van der Waals surface area contributed by atoms with Gasteiger partial charge in [-0.05, 0) is 19.3 Å². The summed E-state index contributed by atoms with van der Waals surface area (Å²) in [5, 5.41) is 8.46. The third kappa shape index (κ3) is 4.61. The number of piperidine rings is 1. The van der Waals surface area contributed by atoms with Crippen molar-refractivity contribution >= 4 is 16.0 Å². The second kappa shape index (κ2) is 6.32. The maximum Gasteiger partial charge on any atom is 0.329 e. The van der Waals surface area contributed by atoms with Gasteiger partial charge in [0.15, 0.2) is 0 Å². The Morgan fingerprint density at radius 3 is 2.47 bits per heavy atom. The van der Waals surface area contributed by atoms with Crippen molar-refractivity contribution in [2.24, 2.45) is 0 Å². The number of ether oxygens (including phenoxy) is 1. The van der Waals surface area contributed by atoms with Crippen molar-refractivity contribution in [2.45, 2.75) is 32.3 Å². The first-order valence-corrected chi connectivity index (χ1v) is 7.38. The summed E-state index contributed by atoms with van der Waals surface area (Å²) in [6.07, 6.45) is 1.60. The van der Waals surface area contributed by atoms with Gasteiger partial charge in [0.2, 0.25) is 10.0 Å². The largest absolute Gasteiger partial charge is 0.480 e. The Hall–Kier alpha value is -0.660. The van der Waals surface area contributed by atoms with E-state index < -0.39 is 16.0 Å². The van der Waals surface area contributed by atoms with E-state index in [0.717, 1.165) is 0 Å². The molecule has 0 unspecified atom stereocenters. The molecule has 7 heteroatoms. The van der Waals surface area contributed by atoms with Crippen molar-refractivity contribution in [2.75, 3.05) is 25.4 Å². The number of carboxylic acid groups (broad SMARTS) is 1. The van der Waals surface area contributed by atoms with E-state index in [9.17, 15) is 13.2 Å². The van der Waals surface area contributed by atoms with Crippen LogP contribution in [0.5, 0.6) is 0 Å². The minimum absolute atomic E-state index is 0.140. The lowest BCUT2D eigenvalue weighted by Crippen LogP contribution is -2.42. The van der Waals surface area contributed by atoms with Crippen LogP contribution in [0.25, 0.3) is 0 Å². The van der Waals surface area contributed by atoms with Gasteiger partial charge >= 0.3 is 5.97 Å². The van der Waals surface area contributed by atoms with E-state index >= 15 is 0 Å². The number of hydrogen-bond donors (Lipinski definition) is 1. The molecule has 0 radical (unpaired) electrons. The standard InChI is InChI=1S/C10H19NO5S/c1-2-7-17(14,15)11-5-3-9(4-6-11)16-8-10(12)13/h9H,2-8H2,1H3,(H,12,13). The molecular formula is C10H19NO5S. The Morgan fingerprint density at radius 2 is 2.00 bits per heavy atom. The Kier molecular flexibility index (Phi) is 5.35.